The zero-order valence-electron chi connectivity index (χ0n) is 19.9. The largest absolute Gasteiger partial charge is 0.433 e. The molecule has 3 aromatic heterocycles. The number of alkyl halides is 3. The van der Waals surface area contributed by atoms with Crippen LogP contribution in [-0.4, -0.2) is 48.1 Å². The van der Waals surface area contributed by atoms with E-state index in [4.69, 9.17) is 16.1 Å². The predicted octanol–water partition coefficient (Wildman–Crippen LogP) is 4.85. The number of aromatic nitrogens is 5. The summed E-state index contributed by atoms with van der Waals surface area (Å²) in [5.74, 6) is -0.682. The summed E-state index contributed by atoms with van der Waals surface area (Å²) in [6.07, 6.45) is -2.28. The number of aliphatic hydroxyl groups is 1. The van der Waals surface area contributed by atoms with Gasteiger partial charge >= 0.3 is 6.18 Å². The quantitative estimate of drug-likeness (QED) is 0.348. The van der Waals surface area contributed by atoms with Crippen LogP contribution in [0.1, 0.15) is 36.8 Å². The van der Waals surface area contributed by atoms with Crippen LogP contribution >= 0.6 is 11.6 Å². The zero-order chi connectivity index (χ0) is 26.9. The highest BCUT2D eigenvalue weighted by atomic mass is 35.5. The molecule has 0 aliphatic carbocycles. The molecule has 37 heavy (non-hydrogen) atoms. The number of hydrogen-bond acceptors (Lipinski definition) is 7. The predicted molar refractivity (Wildman–Crippen MR) is 128 cm³/mol. The number of halogens is 4. The molecule has 3 heterocycles. The normalized spacial score (nSPS) is 12.7. The molecule has 13 heteroatoms. The highest BCUT2D eigenvalue weighted by molar-refractivity contribution is 6.36. The summed E-state index contributed by atoms with van der Waals surface area (Å²) in [7, 11) is 0. The number of nitrogens with one attached hydrogen (secondary N) is 1. The molecule has 0 aliphatic heterocycles. The second kappa shape index (κ2) is 10.3. The maximum atomic E-state index is 14.2. The molecular formula is C24H22ClF3N6O3. The van der Waals surface area contributed by atoms with E-state index in [0.717, 1.165) is 6.20 Å². The van der Waals surface area contributed by atoms with Crippen LogP contribution in [0.2, 0.25) is 5.02 Å². The highest BCUT2D eigenvalue weighted by Gasteiger charge is 2.41. The van der Waals surface area contributed by atoms with Crippen molar-refractivity contribution in [3.05, 3.63) is 59.3 Å². The first-order valence-corrected chi connectivity index (χ1v) is 11.5. The lowest BCUT2D eigenvalue weighted by Crippen LogP contribution is -2.30. The average Bonchev–Trinajstić information content (AvgIpc) is 3.43. The third-order valence-corrected chi connectivity index (χ3v) is 5.65. The van der Waals surface area contributed by atoms with Crippen molar-refractivity contribution in [2.24, 2.45) is 0 Å². The van der Waals surface area contributed by atoms with Crippen molar-refractivity contribution >= 4 is 17.5 Å². The summed E-state index contributed by atoms with van der Waals surface area (Å²) in [6.45, 7) is 4.55. The lowest BCUT2D eigenvalue weighted by Gasteiger charge is -2.14. The van der Waals surface area contributed by atoms with E-state index < -0.39 is 36.0 Å². The van der Waals surface area contributed by atoms with Gasteiger partial charge in [0.2, 0.25) is 0 Å². The van der Waals surface area contributed by atoms with Crippen LogP contribution in [0.4, 0.5) is 13.2 Å². The molecule has 2 N–H and O–H groups in total. The molecule has 0 aliphatic rings. The first kappa shape index (κ1) is 26.3. The number of benzene rings is 1. The van der Waals surface area contributed by atoms with E-state index in [2.05, 4.69) is 25.5 Å². The van der Waals surface area contributed by atoms with E-state index in [1.54, 1.807) is 26.0 Å². The monoisotopic (exact) mass is 534 g/mol. The highest BCUT2D eigenvalue weighted by Crippen LogP contribution is 2.45. The molecule has 0 saturated heterocycles. The fraction of sp³-hybridized carbons (Fsp3) is 0.292. The standard InChI is InChI=1S/C24H22ClF3N6O3/c1-12(2)32-23(36)15-6-4-5-14(19(15)25)20-18(17-7-8-29-11-30-17)21(37-33-20)16-9-31-34(10-13(3)35)22(16)24(26,27)28/h4-9,11-13,35H,10H2,1-3H3,(H,32,36)/t13-/m1/s1. The number of rotatable bonds is 7. The Hall–Kier alpha value is -3.77. The Bertz CT molecular complexity index is 1420. The summed E-state index contributed by atoms with van der Waals surface area (Å²) < 4.78 is 48.6. The van der Waals surface area contributed by atoms with Crippen molar-refractivity contribution in [2.75, 3.05) is 0 Å². The summed E-state index contributed by atoms with van der Waals surface area (Å²) in [5, 5.41) is 20.4. The van der Waals surface area contributed by atoms with Crippen molar-refractivity contribution in [2.45, 2.75) is 45.6 Å². The SMILES string of the molecule is CC(C)NC(=O)c1cccc(-c2noc(-c3cnn(C[C@@H](C)O)c3C(F)(F)F)c2-c2ccncn2)c1Cl. The Balaban J connectivity index is 1.96. The molecule has 0 fully saturated rings. The molecule has 1 aromatic carbocycles. The van der Waals surface area contributed by atoms with Crippen molar-refractivity contribution in [3.63, 3.8) is 0 Å². The van der Waals surface area contributed by atoms with Crippen LogP contribution in [0, 0.1) is 0 Å². The van der Waals surface area contributed by atoms with Gasteiger partial charge in [0.1, 0.15) is 12.0 Å². The van der Waals surface area contributed by atoms with Gasteiger partial charge in [0.05, 0.1) is 46.3 Å². The first-order chi connectivity index (χ1) is 17.5. The van der Waals surface area contributed by atoms with Crippen LogP contribution in [0.5, 0.6) is 0 Å². The van der Waals surface area contributed by atoms with Gasteiger partial charge in [-0.2, -0.15) is 18.3 Å². The van der Waals surface area contributed by atoms with E-state index >= 15 is 0 Å². The van der Waals surface area contributed by atoms with Crippen LogP contribution in [-0.2, 0) is 12.7 Å². The number of nitrogens with zero attached hydrogens (tertiary/aromatic N) is 5. The molecule has 0 saturated carbocycles. The van der Waals surface area contributed by atoms with E-state index in [1.165, 1.54) is 31.6 Å². The molecule has 1 atom stereocenters. The summed E-state index contributed by atoms with van der Waals surface area (Å²) in [4.78, 5) is 20.7. The number of aliphatic hydroxyl groups excluding tert-OH is 1. The van der Waals surface area contributed by atoms with Gasteiger partial charge in [-0.1, -0.05) is 28.9 Å². The number of carbonyl (C=O) groups is 1. The van der Waals surface area contributed by atoms with Crippen LogP contribution < -0.4 is 5.32 Å². The molecule has 9 nitrogen and oxygen atoms in total. The van der Waals surface area contributed by atoms with Gasteiger partial charge in [-0.15, -0.1) is 0 Å². The lowest BCUT2D eigenvalue weighted by atomic mass is 9.98. The molecule has 0 unspecified atom stereocenters. The van der Waals surface area contributed by atoms with E-state index in [-0.39, 0.29) is 44.9 Å². The number of carbonyl (C=O) groups excluding carboxylic acids is 1. The Morgan fingerprint density at radius 3 is 2.59 bits per heavy atom. The minimum Gasteiger partial charge on any atom is -0.391 e. The Labute approximate surface area is 214 Å². The topological polar surface area (TPSA) is 119 Å². The smallest absolute Gasteiger partial charge is 0.391 e. The van der Waals surface area contributed by atoms with Gasteiger partial charge < -0.3 is 14.9 Å². The van der Waals surface area contributed by atoms with Gasteiger partial charge in [-0.25, -0.2) is 9.97 Å². The maximum absolute atomic E-state index is 14.2. The van der Waals surface area contributed by atoms with Gasteiger partial charge in [0, 0.05) is 17.8 Å². The van der Waals surface area contributed by atoms with Crippen molar-refractivity contribution < 1.29 is 27.6 Å². The molecule has 0 bridgehead atoms. The molecule has 4 aromatic rings. The van der Waals surface area contributed by atoms with Gasteiger partial charge in [0.25, 0.3) is 5.91 Å². The third-order valence-electron chi connectivity index (χ3n) is 5.24. The minimum absolute atomic E-state index is 0.0386. The summed E-state index contributed by atoms with van der Waals surface area (Å²) in [6, 6.07) is 6.01. The van der Waals surface area contributed by atoms with Gasteiger partial charge in [0.15, 0.2) is 11.5 Å². The average molecular weight is 535 g/mol. The Morgan fingerprint density at radius 2 is 1.97 bits per heavy atom. The first-order valence-electron chi connectivity index (χ1n) is 11.2. The molecule has 194 valence electrons. The second-order valence-electron chi connectivity index (χ2n) is 8.56. The summed E-state index contributed by atoms with van der Waals surface area (Å²) >= 11 is 6.60. The number of hydrogen-bond donors (Lipinski definition) is 2. The van der Waals surface area contributed by atoms with Gasteiger partial charge in [-0.3, -0.25) is 9.48 Å². The number of amides is 1. The van der Waals surface area contributed by atoms with Crippen molar-refractivity contribution in [1.29, 1.82) is 0 Å². The molecule has 4 rings (SSSR count). The van der Waals surface area contributed by atoms with Crippen molar-refractivity contribution in [1.82, 2.24) is 30.2 Å². The van der Waals surface area contributed by atoms with E-state index in [0.29, 0.717) is 4.68 Å². The van der Waals surface area contributed by atoms with E-state index in [9.17, 15) is 23.1 Å². The Kier molecular flexibility index (Phi) is 7.32. The van der Waals surface area contributed by atoms with Crippen LogP contribution in [0.3, 0.4) is 0 Å². The summed E-state index contributed by atoms with van der Waals surface area (Å²) in [5.41, 5.74) is -0.709. The molecule has 0 radical (unpaired) electrons. The maximum Gasteiger partial charge on any atom is 0.433 e. The second-order valence-corrected chi connectivity index (χ2v) is 8.94. The van der Waals surface area contributed by atoms with Gasteiger partial charge in [-0.05, 0) is 32.9 Å². The van der Waals surface area contributed by atoms with Crippen LogP contribution in [0.25, 0.3) is 33.8 Å². The van der Waals surface area contributed by atoms with Crippen LogP contribution in [0.15, 0.2) is 47.5 Å². The zero-order valence-corrected chi connectivity index (χ0v) is 20.7. The third kappa shape index (κ3) is 5.35. The fourth-order valence-corrected chi connectivity index (χ4v) is 4.10. The van der Waals surface area contributed by atoms with Crippen molar-refractivity contribution in [3.8, 4) is 33.8 Å². The lowest BCUT2D eigenvalue weighted by molar-refractivity contribution is -0.144. The Morgan fingerprint density at radius 1 is 1.22 bits per heavy atom. The minimum atomic E-state index is -4.83. The fourth-order valence-electron chi connectivity index (χ4n) is 3.80. The molecule has 0 spiro atoms. The van der Waals surface area contributed by atoms with E-state index in [1.807, 2.05) is 0 Å². The molecule has 1 amide bonds. The molecular weight excluding hydrogens is 513 g/mol.